The average molecular weight is 267 g/mol. The van der Waals surface area contributed by atoms with Gasteiger partial charge in [0, 0.05) is 38.9 Å². The second kappa shape index (κ2) is 6.19. The predicted octanol–water partition coefficient (Wildman–Crippen LogP) is 0.0339. The summed E-state index contributed by atoms with van der Waals surface area (Å²) in [5.41, 5.74) is 0.637. The number of urea groups is 1. The highest BCUT2D eigenvalue weighted by Gasteiger charge is 2.21. The van der Waals surface area contributed by atoms with Crippen LogP contribution in [-0.4, -0.2) is 69.8 Å². The molecule has 8 nitrogen and oxygen atoms in total. The number of aliphatic carboxylic acids is 1. The minimum atomic E-state index is -0.792. The Kier molecular flexibility index (Phi) is 4.35. The van der Waals surface area contributed by atoms with E-state index >= 15 is 0 Å². The fourth-order valence-electron chi connectivity index (χ4n) is 1.95. The molecule has 0 unspecified atom stereocenters. The van der Waals surface area contributed by atoms with Crippen LogP contribution < -0.4 is 5.32 Å². The molecule has 3 N–H and O–H groups in total. The molecule has 0 bridgehead atoms. The Morgan fingerprint density at radius 2 is 2.11 bits per heavy atom. The Hall–Kier alpha value is -2.09. The van der Waals surface area contributed by atoms with Crippen molar-refractivity contribution in [3.05, 3.63) is 12.4 Å². The van der Waals surface area contributed by atoms with Gasteiger partial charge in [0.25, 0.3) is 0 Å². The molecule has 2 rings (SSSR count). The molecule has 0 aliphatic carbocycles. The SMILES string of the molecule is O=C(O)CCN1CCN(C(=O)Nc2cn[nH]c2)CC1. The van der Waals surface area contributed by atoms with Crippen LogP contribution in [-0.2, 0) is 4.79 Å². The van der Waals surface area contributed by atoms with Crippen molar-refractivity contribution >= 4 is 17.7 Å². The van der Waals surface area contributed by atoms with E-state index in [9.17, 15) is 9.59 Å². The highest BCUT2D eigenvalue weighted by molar-refractivity contribution is 5.89. The van der Waals surface area contributed by atoms with E-state index in [2.05, 4.69) is 20.4 Å². The van der Waals surface area contributed by atoms with Crippen LogP contribution in [0.2, 0.25) is 0 Å². The first-order valence-corrected chi connectivity index (χ1v) is 6.14. The standard InChI is InChI=1S/C11H17N5O3/c17-10(18)1-2-15-3-5-16(6-4-15)11(19)14-9-7-12-13-8-9/h7-8H,1-6H2,(H,12,13)(H,14,19)(H,17,18). The number of piperazine rings is 1. The second-order valence-electron chi connectivity index (χ2n) is 4.39. The third-order valence-corrected chi connectivity index (χ3v) is 3.05. The Morgan fingerprint density at radius 3 is 2.68 bits per heavy atom. The Balaban J connectivity index is 1.73. The fourth-order valence-corrected chi connectivity index (χ4v) is 1.95. The molecule has 1 fully saturated rings. The van der Waals surface area contributed by atoms with Gasteiger partial charge in [-0.1, -0.05) is 0 Å². The molecule has 0 atom stereocenters. The van der Waals surface area contributed by atoms with Gasteiger partial charge >= 0.3 is 12.0 Å². The van der Waals surface area contributed by atoms with Gasteiger partial charge in [-0.15, -0.1) is 0 Å². The van der Waals surface area contributed by atoms with E-state index in [1.165, 1.54) is 0 Å². The number of nitrogens with one attached hydrogen (secondary N) is 2. The number of anilines is 1. The summed E-state index contributed by atoms with van der Waals surface area (Å²) in [6, 6.07) is -0.153. The van der Waals surface area contributed by atoms with Gasteiger partial charge < -0.3 is 15.3 Å². The van der Waals surface area contributed by atoms with Crippen molar-refractivity contribution in [2.75, 3.05) is 38.0 Å². The van der Waals surface area contributed by atoms with Crippen molar-refractivity contribution in [1.82, 2.24) is 20.0 Å². The van der Waals surface area contributed by atoms with Crippen LogP contribution in [0.5, 0.6) is 0 Å². The lowest BCUT2D eigenvalue weighted by Gasteiger charge is -2.34. The zero-order valence-electron chi connectivity index (χ0n) is 10.5. The van der Waals surface area contributed by atoms with E-state index in [-0.39, 0.29) is 12.5 Å². The van der Waals surface area contributed by atoms with Crippen molar-refractivity contribution in [3.8, 4) is 0 Å². The first kappa shape index (κ1) is 13.3. The molecule has 0 spiro atoms. The van der Waals surface area contributed by atoms with Gasteiger partial charge in [-0.05, 0) is 0 Å². The summed E-state index contributed by atoms with van der Waals surface area (Å²) in [5.74, 6) is -0.792. The molecule has 1 aromatic rings. The molecule has 19 heavy (non-hydrogen) atoms. The van der Waals surface area contributed by atoms with Crippen LogP contribution in [0.25, 0.3) is 0 Å². The minimum absolute atomic E-state index is 0.140. The number of H-pyrrole nitrogens is 1. The maximum absolute atomic E-state index is 11.9. The Morgan fingerprint density at radius 1 is 1.37 bits per heavy atom. The van der Waals surface area contributed by atoms with Crippen molar-refractivity contribution in [3.63, 3.8) is 0 Å². The van der Waals surface area contributed by atoms with Crippen LogP contribution in [0, 0.1) is 0 Å². The maximum Gasteiger partial charge on any atom is 0.322 e. The Labute approximate surface area is 110 Å². The van der Waals surface area contributed by atoms with Gasteiger partial charge in [-0.2, -0.15) is 5.10 Å². The Bertz CT molecular complexity index is 426. The molecule has 0 aromatic carbocycles. The summed E-state index contributed by atoms with van der Waals surface area (Å²) < 4.78 is 0. The number of aromatic nitrogens is 2. The summed E-state index contributed by atoms with van der Waals surface area (Å²) in [5, 5.41) is 17.7. The van der Waals surface area contributed by atoms with Crippen molar-refractivity contribution in [2.24, 2.45) is 0 Å². The molecular formula is C11H17N5O3. The molecule has 1 aliphatic rings. The number of carbonyl (C=O) groups is 2. The average Bonchev–Trinajstić information content (AvgIpc) is 2.89. The maximum atomic E-state index is 11.9. The van der Waals surface area contributed by atoms with Crippen LogP contribution in [0.1, 0.15) is 6.42 Å². The highest BCUT2D eigenvalue weighted by atomic mass is 16.4. The number of hydrogen-bond donors (Lipinski definition) is 3. The van der Waals surface area contributed by atoms with E-state index in [1.54, 1.807) is 17.3 Å². The predicted molar refractivity (Wildman–Crippen MR) is 67.9 cm³/mol. The number of carbonyl (C=O) groups excluding carboxylic acids is 1. The monoisotopic (exact) mass is 267 g/mol. The van der Waals surface area contributed by atoms with Gasteiger partial charge in [0.1, 0.15) is 0 Å². The van der Waals surface area contributed by atoms with E-state index in [0.717, 1.165) is 0 Å². The van der Waals surface area contributed by atoms with E-state index in [1.807, 2.05) is 0 Å². The molecule has 2 heterocycles. The number of carboxylic acid groups (broad SMARTS) is 1. The molecule has 0 saturated carbocycles. The zero-order valence-corrected chi connectivity index (χ0v) is 10.5. The number of aromatic amines is 1. The lowest BCUT2D eigenvalue weighted by Crippen LogP contribution is -2.50. The highest BCUT2D eigenvalue weighted by Crippen LogP contribution is 2.07. The number of amides is 2. The minimum Gasteiger partial charge on any atom is -0.481 e. The van der Waals surface area contributed by atoms with Crippen LogP contribution in [0.4, 0.5) is 10.5 Å². The second-order valence-corrected chi connectivity index (χ2v) is 4.39. The molecule has 1 aliphatic heterocycles. The molecule has 8 heteroatoms. The molecular weight excluding hydrogens is 250 g/mol. The van der Waals surface area contributed by atoms with Crippen molar-refractivity contribution in [2.45, 2.75) is 6.42 Å². The van der Waals surface area contributed by atoms with Gasteiger partial charge in [0.05, 0.1) is 18.3 Å². The van der Waals surface area contributed by atoms with E-state index < -0.39 is 5.97 Å². The quantitative estimate of drug-likeness (QED) is 0.714. The topological polar surface area (TPSA) is 102 Å². The lowest BCUT2D eigenvalue weighted by molar-refractivity contribution is -0.137. The number of rotatable bonds is 4. The normalized spacial score (nSPS) is 16.3. The zero-order chi connectivity index (χ0) is 13.7. The molecule has 1 aromatic heterocycles. The van der Waals surface area contributed by atoms with Crippen LogP contribution in [0.3, 0.4) is 0 Å². The fraction of sp³-hybridized carbons (Fsp3) is 0.545. The molecule has 2 amide bonds. The van der Waals surface area contributed by atoms with Crippen LogP contribution in [0.15, 0.2) is 12.4 Å². The third kappa shape index (κ3) is 3.95. The first-order chi connectivity index (χ1) is 9.15. The van der Waals surface area contributed by atoms with Crippen molar-refractivity contribution < 1.29 is 14.7 Å². The summed E-state index contributed by atoms with van der Waals surface area (Å²) in [4.78, 5) is 26.1. The molecule has 104 valence electrons. The van der Waals surface area contributed by atoms with E-state index in [0.29, 0.717) is 38.4 Å². The van der Waals surface area contributed by atoms with Gasteiger partial charge in [0.15, 0.2) is 0 Å². The van der Waals surface area contributed by atoms with Crippen molar-refractivity contribution in [1.29, 1.82) is 0 Å². The van der Waals surface area contributed by atoms with E-state index in [4.69, 9.17) is 5.11 Å². The summed E-state index contributed by atoms with van der Waals surface area (Å²) in [6.07, 6.45) is 3.29. The van der Waals surface area contributed by atoms with Gasteiger partial charge in [-0.25, -0.2) is 4.79 Å². The number of nitrogens with zero attached hydrogens (tertiary/aromatic N) is 3. The van der Waals surface area contributed by atoms with Crippen LogP contribution >= 0.6 is 0 Å². The largest absolute Gasteiger partial charge is 0.481 e. The molecule has 0 radical (unpaired) electrons. The lowest BCUT2D eigenvalue weighted by atomic mass is 10.3. The number of carboxylic acids is 1. The van der Waals surface area contributed by atoms with Gasteiger partial charge in [-0.3, -0.25) is 14.8 Å². The third-order valence-electron chi connectivity index (χ3n) is 3.05. The smallest absolute Gasteiger partial charge is 0.322 e. The summed E-state index contributed by atoms with van der Waals surface area (Å²) in [7, 11) is 0. The van der Waals surface area contributed by atoms with Gasteiger partial charge in [0.2, 0.25) is 0 Å². The molecule has 1 saturated heterocycles. The first-order valence-electron chi connectivity index (χ1n) is 6.14. The summed E-state index contributed by atoms with van der Waals surface area (Å²) in [6.45, 7) is 3.14. The summed E-state index contributed by atoms with van der Waals surface area (Å²) >= 11 is 0. The number of hydrogen-bond acceptors (Lipinski definition) is 4.